The molecule has 1 amide bonds. The minimum Gasteiger partial charge on any atom is -0.481 e. The van der Waals surface area contributed by atoms with Crippen LogP contribution in [0.5, 0.6) is 0 Å². The number of allylic oxidation sites excluding steroid dienone is 2. The Kier molecular flexibility index (Phi) is 5.01. The highest BCUT2D eigenvalue weighted by atomic mass is 16.4. The van der Waals surface area contributed by atoms with Crippen molar-refractivity contribution >= 4 is 11.9 Å². The second-order valence-electron chi connectivity index (χ2n) is 6.16. The maximum atomic E-state index is 12.6. The predicted molar refractivity (Wildman–Crippen MR) is 85.2 cm³/mol. The third-order valence-electron chi connectivity index (χ3n) is 4.58. The monoisotopic (exact) mass is 301 g/mol. The van der Waals surface area contributed by atoms with E-state index in [4.69, 9.17) is 0 Å². The Morgan fingerprint density at radius 1 is 1.09 bits per heavy atom. The molecule has 0 aromatic heterocycles. The number of nitrogens with one attached hydrogen (secondary N) is 1. The number of benzene rings is 1. The molecule has 0 bridgehead atoms. The summed E-state index contributed by atoms with van der Waals surface area (Å²) in [6, 6.07) is 9.56. The lowest BCUT2D eigenvalue weighted by atomic mass is 9.76. The summed E-state index contributed by atoms with van der Waals surface area (Å²) in [6.07, 6.45) is 0.981. The molecular weight excluding hydrogens is 278 g/mol. The van der Waals surface area contributed by atoms with E-state index in [2.05, 4.69) is 5.32 Å². The molecule has 0 spiro atoms. The molecule has 4 nitrogen and oxygen atoms in total. The normalized spacial score (nSPS) is 23.0. The Labute approximate surface area is 131 Å². The zero-order valence-electron chi connectivity index (χ0n) is 13.3. The van der Waals surface area contributed by atoms with Gasteiger partial charge in [0, 0.05) is 0 Å². The standard InChI is InChI=1S/C18H23NO3/c1-11-9-15(16(18(21)22)10-12(11)2)17(20)19-13(3)14-7-5-4-6-8-14/h4-8,13,15-16H,9-10H2,1-3H3,(H,19,20)(H,21,22). The van der Waals surface area contributed by atoms with Gasteiger partial charge in [-0.25, -0.2) is 0 Å². The van der Waals surface area contributed by atoms with E-state index in [1.807, 2.05) is 51.1 Å². The number of amides is 1. The summed E-state index contributed by atoms with van der Waals surface area (Å²) in [7, 11) is 0. The molecule has 0 fully saturated rings. The van der Waals surface area contributed by atoms with Crippen molar-refractivity contribution in [3.8, 4) is 0 Å². The van der Waals surface area contributed by atoms with Crippen LogP contribution in [0.25, 0.3) is 0 Å². The number of carbonyl (C=O) groups is 2. The highest BCUT2D eigenvalue weighted by molar-refractivity contribution is 5.85. The van der Waals surface area contributed by atoms with Crippen LogP contribution in [0.1, 0.15) is 45.2 Å². The van der Waals surface area contributed by atoms with Gasteiger partial charge in [0.05, 0.1) is 17.9 Å². The first-order valence-electron chi connectivity index (χ1n) is 7.63. The number of carbonyl (C=O) groups excluding carboxylic acids is 1. The molecule has 0 saturated carbocycles. The molecule has 118 valence electrons. The average Bonchev–Trinajstić information content (AvgIpc) is 2.50. The summed E-state index contributed by atoms with van der Waals surface area (Å²) in [6.45, 7) is 5.85. The number of hydrogen-bond donors (Lipinski definition) is 2. The molecule has 0 saturated heterocycles. The fourth-order valence-electron chi connectivity index (χ4n) is 2.97. The zero-order chi connectivity index (χ0) is 16.3. The minimum atomic E-state index is -0.889. The van der Waals surface area contributed by atoms with Gasteiger partial charge in [0.2, 0.25) is 5.91 Å². The number of aliphatic carboxylic acids is 1. The highest BCUT2D eigenvalue weighted by Gasteiger charge is 2.37. The van der Waals surface area contributed by atoms with Gasteiger partial charge < -0.3 is 10.4 Å². The predicted octanol–water partition coefficient (Wildman–Crippen LogP) is 3.31. The lowest BCUT2D eigenvalue weighted by molar-refractivity contribution is -0.147. The molecule has 0 heterocycles. The van der Waals surface area contributed by atoms with E-state index in [-0.39, 0.29) is 11.9 Å². The summed E-state index contributed by atoms with van der Waals surface area (Å²) in [5.41, 5.74) is 3.24. The van der Waals surface area contributed by atoms with Gasteiger partial charge in [-0.05, 0) is 39.2 Å². The van der Waals surface area contributed by atoms with E-state index < -0.39 is 17.8 Å². The maximum Gasteiger partial charge on any atom is 0.307 e. The van der Waals surface area contributed by atoms with Gasteiger partial charge >= 0.3 is 5.97 Å². The van der Waals surface area contributed by atoms with Gasteiger partial charge in [-0.1, -0.05) is 41.5 Å². The summed E-state index contributed by atoms with van der Waals surface area (Å²) in [5.74, 6) is -2.19. The second-order valence-corrected chi connectivity index (χ2v) is 6.16. The molecule has 1 aliphatic carbocycles. The number of carboxylic acid groups (broad SMARTS) is 1. The van der Waals surface area contributed by atoms with Gasteiger partial charge in [-0.15, -0.1) is 0 Å². The van der Waals surface area contributed by atoms with Crippen LogP contribution in [0, 0.1) is 11.8 Å². The average molecular weight is 301 g/mol. The fourth-order valence-corrected chi connectivity index (χ4v) is 2.97. The van der Waals surface area contributed by atoms with Crippen molar-refractivity contribution in [2.24, 2.45) is 11.8 Å². The van der Waals surface area contributed by atoms with E-state index in [0.29, 0.717) is 12.8 Å². The third-order valence-corrected chi connectivity index (χ3v) is 4.58. The van der Waals surface area contributed by atoms with E-state index in [9.17, 15) is 14.7 Å². The van der Waals surface area contributed by atoms with E-state index in [0.717, 1.165) is 16.7 Å². The van der Waals surface area contributed by atoms with Gasteiger partial charge in [0.15, 0.2) is 0 Å². The molecule has 0 aliphatic heterocycles. The van der Waals surface area contributed by atoms with Crippen molar-refractivity contribution in [3.05, 3.63) is 47.0 Å². The third kappa shape index (κ3) is 3.56. The van der Waals surface area contributed by atoms with Gasteiger partial charge in [-0.2, -0.15) is 0 Å². The first kappa shape index (κ1) is 16.3. The van der Waals surface area contributed by atoms with Crippen LogP contribution >= 0.6 is 0 Å². The van der Waals surface area contributed by atoms with Crippen LogP contribution in [0.3, 0.4) is 0 Å². The largest absolute Gasteiger partial charge is 0.481 e. The maximum absolute atomic E-state index is 12.6. The van der Waals surface area contributed by atoms with E-state index in [1.165, 1.54) is 0 Å². The quantitative estimate of drug-likeness (QED) is 0.838. The second kappa shape index (κ2) is 6.77. The fraction of sp³-hybridized carbons (Fsp3) is 0.444. The van der Waals surface area contributed by atoms with Crippen LogP contribution in [0.15, 0.2) is 41.5 Å². The van der Waals surface area contributed by atoms with Crippen molar-refractivity contribution in [3.63, 3.8) is 0 Å². The molecule has 1 aromatic rings. The lowest BCUT2D eigenvalue weighted by Gasteiger charge is -2.30. The number of rotatable bonds is 4. The van der Waals surface area contributed by atoms with E-state index >= 15 is 0 Å². The molecular formula is C18H23NO3. The van der Waals surface area contributed by atoms with E-state index in [1.54, 1.807) is 0 Å². The zero-order valence-corrected chi connectivity index (χ0v) is 13.3. The minimum absolute atomic E-state index is 0.129. The first-order valence-corrected chi connectivity index (χ1v) is 7.63. The molecule has 0 radical (unpaired) electrons. The topological polar surface area (TPSA) is 66.4 Å². The van der Waals surface area contributed by atoms with Crippen LogP contribution in [-0.2, 0) is 9.59 Å². The molecule has 3 atom stereocenters. The summed E-state index contributed by atoms with van der Waals surface area (Å²) in [4.78, 5) is 24.0. The summed E-state index contributed by atoms with van der Waals surface area (Å²) < 4.78 is 0. The van der Waals surface area contributed by atoms with Gasteiger partial charge in [0.25, 0.3) is 0 Å². The van der Waals surface area contributed by atoms with Crippen molar-refractivity contribution in [2.45, 2.75) is 39.7 Å². The van der Waals surface area contributed by atoms with Gasteiger partial charge in [0.1, 0.15) is 0 Å². The van der Waals surface area contributed by atoms with Crippen LogP contribution in [-0.4, -0.2) is 17.0 Å². The van der Waals surface area contributed by atoms with Crippen LogP contribution in [0.2, 0.25) is 0 Å². The Morgan fingerprint density at radius 2 is 1.64 bits per heavy atom. The molecule has 4 heteroatoms. The SMILES string of the molecule is CC1=C(C)CC(C(=O)NC(C)c2ccccc2)C(C(=O)O)C1. The molecule has 22 heavy (non-hydrogen) atoms. The molecule has 3 unspecified atom stereocenters. The molecule has 2 N–H and O–H groups in total. The Hall–Kier alpha value is -2.10. The van der Waals surface area contributed by atoms with Crippen molar-refractivity contribution in [2.75, 3.05) is 0 Å². The highest BCUT2D eigenvalue weighted by Crippen LogP contribution is 2.34. The molecule has 2 rings (SSSR count). The van der Waals surface area contributed by atoms with Crippen molar-refractivity contribution in [1.29, 1.82) is 0 Å². The Morgan fingerprint density at radius 3 is 2.18 bits per heavy atom. The first-order chi connectivity index (χ1) is 10.4. The molecule has 1 aromatic carbocycles. The van der Waals surface area contributed by atoms with Crippen molar-refractivity contribution < 1.29 is 14.7 Å². The smallest absolute Gasteiger partial charge is 0.307 e. The van der Waals surface area contributed by atoms with Crippen LogP contribution in [0.4, 0.5) is 0 Å². The van der Waals surface area contributed by atoms with Crippen molar-refractivity contribution in [1.82, 2.24) is 5.32 Å². The summed E-state index contributed by atoms with van der Waals surface area (Å²) in [5, 5.41) is 12.4. The number of carboxylic acids is 1. The molecule has 1 aliphatic rings. The lowest BCUT2D eigenvalue weighted by Crippen LogP contribution is -2.41. The van der Waals surface area contributed by atoms with Gasteiger partial charge in [-0.3, -0.25) is 9.59 Å². The number of hydrogen-bond acceptors (Lipinski definition) is 2. The van der Waals surface area contributed by atoms with Crippen LogP contribution < -0.4 is 5.32 Å². The Bertz CT molecular complexity index is 592. The summed E-state index contributed by atoms with van der Waals surface area (Å²) >= 11 is 0. The Balaban J connectivity index is 2.12.